The van der Waals surface area contributed by atoms with Crippen molar-refractivity contribution in [3.63, 3.8) is 0 Å². The number of benzene rings is 2. The number of hydrogen-bond donors (Lipinski definition) is 0. The van der Waals surface area contributed by atoms with E-state index in [0.717, 1.165) is 24.3 Å². The van der Waals surface area contributed by atoms with E-state index in [4.69, 9.17) is 15.8 Å². The van der Waals surface area contributed by atoms with Gasteiger partial charge in [0.1, 0.15) is 11.6 Å². The van der Waals surface area contributed by atoms with Crippen LogP contribution in [0.25, 0.3) is 0 Å². The maximum absolute atomic E-state index is 13.5. The molecule has 0 unspecified atom stereocenters. The molecule has 0 aromatic heterocycles. The van der Waals surface area contributed by atoms with E-state index in [1.165, 1.54) is 18.2 Å². The van der Waals surface area contributed by atoms with Gasteiger partial charge in [0.15, 0.2) is 5.75 Å². The van der Waals surface area contributed by atoms with E-state index < -0.39 is 26.6 Å². The lowest BCUT2D eigenvalue weighted by molar-refractivity contribution is -0.384. The second-order valence-electron chi connectivity index (χ2n) is 4.25. The number of hydrogen-bond acceptors (Lipinski definition) is 5. The molecule has 0 aliphatic carbocycles. The van der Waals surface area contributed by atoms with E-state index >= 15 is 0 Å². The van der Waals surface area contributed by atoms with Crippen molar-refractivity contribution in [3.8, 4) is 5.75 Å². The first-order valence-corrected chi connectivity index (χ1v) is 7.83. The summed E-state index contributed by atoms with van der Waals surface area (Å²) in [5.74, 6) is -1.62. The van der Waals surface area contributed by atoms with Crippen molar-refractivity contribution in [2.24, 2.45) is 0 Å². The van der Waals surface area contributed by atoms with Crippen LogP contribution in [0.2, 0.25) is 5.02 Å². The summed E-state index contributed by atoms with van der Waals surface area (Å²) >= 11 is 5.75. The maximum atomic E-state index is 13.5. The van der Waals surface area contributed by atoms with Crippen molar-refractivity contribution in [1.82, 2.24) is 0 Å². The van der Waals surface area contributed by atoms with Gasteiger partial charge in [-0.25, -0.2) is 4.39 Å². The summed E-state index contributed by atoms with van der Waals surface area (Å²) in [7, 11) is -4.16. The van der Waals surface area contributed by atoms with Gasteiger partial charge in [-0.05, 0) is 12.1 Å². The molecule has 0 atom stereocenters. The highest BCUT2D eigenvalue weighted by Gasteiger charge is 2.19. The van der Waals surface area contributed by atoms with Crippen LogP contribution in [-0.2, 0) is 15.9 Å². The lowest BCUT2D eigenvalue weighted by Gasteiger charge is -2.09. The van der Waals surface area contributed by atoms with E-state index in [1.54, 1.807) is 0 Å². The van der Waals surface area contributed by atoms with Crippen molar-refractivity contribution in [2.75, 3.05) is 0 Å². The van der Waals surface area contributed by atoms with Crippen LogP contribution in [0.15, 0.2) is 42.5 Å². The number of non-ortho nitro benzene ring substituents is 1. The fraction of sp³-hybridized carbons (Fsp3) is 0.0769. The van der Waals surface area contributed by atoms with Crippen molar-refractivity contribution >= 4 is 27.4 Å². The number of halogens is 2. The summed E-state index contributed by atoms with van der Waals surface area (Å²) in [5.41, 5.74) is -0.357. The van der Waals surface area contributed by atoms with Crippen molar-refractivity contribution < 1.29 is 21.9 Å². The molecule has 2 aromatic carbocycles. The van der Waals surface area contributed by atoms with Gasteiger partial charge in [-0.15, -0.1) is 0 Å². The minimum atomic E-state index is -4.16. The molecule has 2 rings (SSSR count). The van der Waals surface area contributed by atoms with E-state index in [2.05, 4.69) is 0 Å². The number of nitrogens with zero attached hydrogens (tertiary/aromatic N) is 1. The molecular formula is C13H9ClFNO5S. The van der Waals surface area contributed by atoms with Gasteiger partial charge in [0, 0.05) is 17.7 Å². The second kappa shape index (κ2) is 6.29. The average Bonchev–Trinajstić information content (AvgIpc) is 2.43. The highest BCUT2D eigenvalue weighted by atomic mass is 35.5. The normalized spacial score (nSPS) is 11.2. The third-order valence-electron chi connectivity index (χ3n) is 2.63. The second-order valence-corrected chi connectivity index (χ2v) is 6.23. The van der Waals surface area contributed by atoms with Crippen LogP contribution in [0, 0.1) is 15.9 Å². The Balaban J connectivity index is 2.22. The summed E-state index contributed by atoms with van der Waals surface area (Å²) in [4.78, 5) is 9.90. The van der Waals surface area contributed by atoms with Crippen LogP contribution >= 0.6 is 11.6 Å². The molecule has 6 nitrogen and oxygen atoms in total. The van der Waals surface area contributed by atoms with Gasteiger partial charge in [-0.3, -0.25) is 10.1 Å². The molecular weight excluding hydrogens is 337 g/mol. The number of rotatable bonds is 5. The molecule has 9 heteroatoms. The van der Waals surface area contributed by atoms with E-state index in [1.807, 2.05) is 0 Å². The quantitative estimate of drug-likeness (QED) is 0.471. The summed E-state index contributed by atoms with van der Waals surface area (Å²) in [5, 5.41) is 10.3. The van der Waals surface area contributed by atoms with Crippen LogP contribution in [0.3, 0.4) is 0 Å². The monoisotopic (exact) mass is 345 g/mol. The van der Waals surface area contributed by atoms with E-state index in [-0.39, 0.29) is 22.0 Å². The van der Waals surface area contributed by atoms with Crippen molar-refractivity contribution in [1.29, 1.82) is 0 Å². The molecule has 0 radical (unpaired) electrons. The van der Waals surface area contributed by atoms with Gasteiger partial charge < -0.3 is 4.18 Å². The van der Waals surface area contributed by atoms with E-state index in [9.17, 15) is 22.9 Å². The first-order valence-electron chi connectivity index (χ1n) is 5.88. The standard InChI is InChI=1S/C13H9ClFNO5S/c14-11-7-10(16(17)18)5-6-13(11)21-22(19,20)8-9-3-1-2-4-12(9)15/h1-7H,8H2. The first kappa shape index (κ1) is 16.2. The molecule has 0 saturated carbocycles. The van der Waals surface area contributed by atoms with Crippen LogP contribution in [0.5, 0.6) is 5.75 Å². The smallest absolute Gasteiger partial charge is 0.313 e. The minimum Gasteiger partial charge on any atom is -0.381 e. The van der Waals surface area contributed by atoms with Crippen LogP contribution < -0.4 is 4.18 Å². The van der Waals surface area contributed by atoms with Crippen LogP contribution in [-0.4, -0.2) is 13.3 Å². The first-order chi connectivity index (χ1) is 10.3. The zero-order chi connectivity index (χ0) is 16.3. The summed E-state index contributed by atoms with van der Waals surface area (Å²) in [6.07, 6.45) is 0. The Morgan fingerprint density at radius 3 is 2.50 bits per heavy atom. The third-order valence-corrected chi connectivity index (χ3v) is 4.03. The zero-order valence-electron chi connectivity index (χ0n) is 10.9. The fourth-order valence-corrected chi connectivity index (χ4v) is 3.00. The highest BCUT2D eigenvalue weighted by Crippen LogP contribution is 2.30. The van der Waals surface area contributed by atoms with Gasteiger partial charge in [-0.1, -0.05) is 29.8 Å². The molecule has 0 amide bonds. The lowest BCUT2D eigenvalue weighted by atomic mass is 10.2. The minimum absolute atomic E-state index is 0.0551. The Labute approximate surface area is 130 Å². The van der Waals surface area contributed by atoms with E-state index in [0.29, 0.717) is 0 Å². The van der Waals surface area contributed by atoms with Crippen LogP contribution in [0.4, 0.5) is 10.1 Å². The molecule has 0 aliphatic heterocycles. The predicted octanol–water partition coefficient (Wildman–Crippen LogP) is 3.30. The molecule has 0 spiro atoms. The molecule has 2 aromatic rings. The molecule has 0 aliphatic rings. The largest absolute Gasteiger partial charge is 0.381 e. The van der Waals surface area contributed by atoms with Gasteiger partial charge >= 0.3 is 10.1 Å². The molecule has 0 bridgehead atoms. The third kappa shape index (κ3) is 3.92. The predicted molar refractivity (Wildman–Crippen MR) is 77.8 cm³/mol. The molecule has 0 N–H and O–H groups in total. The summed E-state index contributed by atoms with van der Waals surface area (Å²) < 4.78 is 42.1. The Hall–Kier alpha value is -2.19. The summed E-state index contributed by atoms with van der Waals surface area (Å²) in [6, 6.07) is 8.46. The summed E-state index contributed by atoms with van der Waals surface area (Å²) in [6.45, 7) is 0. The lowest BCUT2D eigenvalue weighted by Crippen LogP contribution is -2.13. The highest BCUT2D eigenvalue weighted by molar-refractivity contribution is 7.86. The van der Waals surface area contributed by atoms with Gasteiger partial charge in [-0.2, -0.15) is 8.42 Å². The zero-order valence-corrected chi connectivity index (χ0v) is 12.5. The van der Waals surface area contributed by atoms with Gasteiger partial charge in [0.2, 0.25) is 0 Å². The Bertz CT molecular complexity index is 825. The Morgan fingerprint density at radius 1 is 1.23 bits per heavy atom. The number of nitro benzene ring substituents is 1. The van der Waals surface area contributed by atoms with Crippen molar-refractivity contribution in [2.45, 2.75) is 5.75 Å². The SMILES string of the molecule is O=[N+]([O-])c1ccc(OS(=O)(=O)Cc2ccccc2F)c(Cl)c1. The topological polar surface area (TPSA) is 86.5 Å². The van der Waals surface area contributed by atoms with Gasteiger partial charge in [0.25, 0.3) is 5.69 Å². The molecule has 0 heterocycles. The number of nitro groups is 1. The molecule has 0 fully saturated rings. The fourth-order valence-electron chi connectivity index (χ4n) is 1.64. The Kier molecular flexibility index (Phi) is 4.62. The van der Waals surface area contributed by atoms with Gasteiger partial charge in [0.05, 0.1) is 9.95 Å². The molecule has 22 heavy (non-hydrogen) atoms. The molecule has 0 saturated heterocycles. The maximum Gasteiger partial charge on any atom is 0.313 e. The molecule has 116 valence electrons. The van der Waals surface area contributed by atoms with Crippen LogP contribution in [0.1, 0.15) is 5.56 Å². The average molecular weight is 346 g/mol. The van der Waals surface area contributed by atoms with Crippen molar-refractivity contribution in [3.05, 3.63) is 69.0 Å². The Morgan fingerprint density at radius 2 is 1.91 bits per heavy atom.